The van der Waals surface area contributed by atoms with Crippen LogP contribution in [0, 0.1) is 11.3 Å². The van der Waals surface area contributed by atoms with Gasteiger partial charge in [0.25, 0.3) is 0 Å². The molecule has 0 aliphatic heterocycles. The molecule has 0 saturated heterocycles. The molecule has 0 amide bonds. The molecule has 3 nitrogen and oxygen atoms in total. The lowest BCUT2D eigenvalue weighted by Gasteiger charge is -2.52. The van der Waals surface area contributed by atoms with Crippen LogP contribution in [0.25, 0.3) is 0 Å². The number of carbonyl (C=O) groups is 1. The van der Waals surface area contributed by atoms with Crippen LogP contribution in [0.3, 0.4) is 0 Å². The van der Waals surface area contributed by atoms with E-state index >= 15 is 0 Å². The van der Waals surface area contributed by atoms with Crippen LogP contribution in [-0.4, -0.2) is 22.3 Å². The van der Waals surface area contributed by atoms with Crippen molar-refractivity contribution >= 4 is 5.97 Å². The van der Waals surface area contributed by atoms with Crippen LogP contribution >= 0.6 is 0 Å². The summed E-state index contributed by atoms with van der Waals surface area (Å²) in [6, 6.07) is 0. The van der Waals surface area contributed by atoms with Crippen molar-refractivity contribution in [2.24, 2.45) is 11.3 Å². The van der Waals surface area contributed by atoms with Gasteiger partial charge in [-0.1, -0.05) is 25.0 Å². The van der Waals surface area contributed by atoms with Crippen LogP contribution in [0.5, 0.6) is 0 Å². The van der Waals surface area contributed by atoms with Gasteiger partial charge in [-0.2, -0.15) is 0 Å². The molecule has 1 fully saturated rings. The topological polar surface area (TPSA) is 57.5 Å². The lowest BCUT2D eigenvalue weighted by molar-refractivity contribution is -0.145. The largest absolute Gasteiger partial charge is 0.479 e. The van der Waals surface area contributed by atoms with Crippen molar-refractivity contribution in [2.45, 2.75) is 53.1 Å². The second-order valence-corrected chi connectivity index (χ2v) is 5.43. The predicted molar refractivity (Wildman–Crippen MR) is 63.1 cm³/mol. The summed E-state index contributed by atoms with van der Waals surface area (Å²) >= 11 is 0. The minimum Gasteiger partial charge on any atom is -0.479 e. The average molecular weight is 226 g/mol. The number of aliphatic hydroxyl groups excluding tert-OH is 1. The molecule has 3 aliphatic rings. The van der Waals surface area contributed by atoms with E-state index in [0.717, 1.165) is 5.92 Å². The molecule has 0 aromatic heterocycles. The third-order valence-electron chi connectivity index (χ3n) is 3.99. The van der Waals surface area contributed by atoms with Crippen LogP contribution in [0.4, 0.5) is 0 Å². The zero-order valence-electron chi connectivity index (χ0n) is 10.6. The van der Waals surface area contributed by atoms with Crippen molar-refractivity contribution < 1.29 is 15.0 Å². The molecule has 16 heavy (non-hydrogen) atoms. The molecule has 0 aromatic rings. The highest BCUT2D eigenvalue weighted by molar-refractivity contribution is 5.71. The summed E-state index contributed by atoms with van der Waals surface area (Å²) < 4.78 is 0. The van der Waals surface area contributed by atoms with Crippen molar-refractivity contribution in [1.82, 2.24) is 0 Å². The van der Waals surface area contributed by atoms with Crippen molar-refractivity contribution in [2.75, 3.05) is 0 Å². The van der Waals surface area contributed by atoms with Gasteiger partial charge < -0.3 is 10.2 Å². The highest BCUT2D eigenvalue weighted by Crippen LogP contribution is 2.58. The first-order valence-electron chi connectivity index (χ1n) is 5.86. The summed E-state index contributed by atoms with van der Waals surface area (Å²) in [6.07, 6.45) is 3.01. The molecule has 2 atom stereocenters. The number of fused-ring (bicyclic) bond motifs is 2. The average Bonchev–Trinajstić information content (AvgIpc) is 2.17. The van der Waals surface area contributed by atoms with Gasteiger partial charge >= 0.3 is 5.97 Å². The number of carboxylic acid groups (broad SMARTS) is 1. The van der Waals surface area contributed by atoms with Crippen LogP contribution in [0.15, 0.2) is 11.1 Å². The number of hydrogen-bond acceptors (Lipinski definition) is 2. The van der Waals surface area contributed by atoms with E-state index in [9.17, 15) is 4.79 Å². The molecule has 0 heterocycles. The summed E-state index contributed by atoms with van der Waals surface area (Å²) in [5.74, 6) is -0.166. The van der Waals surface area contributed by atoms with E-state index in [2.05, 4.69) is 20.8 Å². The summed E-state index contributed by atoms with van der Waals surface area (Å²) in [5, 5.41) is 15.8. The van der Waals surface area contributed by atoms with E-state index in [0.29, 0.717) is 5.41 Å². The van der Waals surface area contributed by atoms with Gasteiger partial charge in [-0.15, -0.1) is 0 Å². The third kappa shape index (κ3) is 2.46. The Morgan fingerprint density at radius 2 is 2.00 bits per heavy atom. The van der Waals surface area contributed by atoms with Gasteiger partial charge in [0.2, 0.25) is 0 Å². The van der Waals surface area contributed by atoms with Gasteiger partial charge in [-0.25, -0.2) is 4.79 Å². The Morgan fingerprint density at radius 1 is 1.50 bits per heavy atom. The quantitative estimate of drug-likeness (QED) is 0.676. The molecular formula is C13H22O3. The van der Waals surface area contributed by atoms with E-state index in [1.54, 1.807) is 11.1 Å². The molecule has 3 aliphatic carbocycles. The first-order chi connectivity index (χ1) is 7.26. The molecule has 2 N–H and O–H groups in total. The highest BCUT2D eigenvalue weighted by atomic mass is 16.4. The van der Waals surface area contributed by atoms with E-state index in [4.69, 9.17) is 10.2 Å². The van der Waals surface area contributed by atoms with E-state index in [-0.39, 0.29) is 0 Å². The Kier molecular flexibility index (Phi) is 3.79. The Morgan fingerprint density at radius 3 is 2.19 bits per heavy atom. The minimum atomic E-state index is -1.23. The van der Waals surface area contributed by atoms with Crippen LogP contribution in [-0.2, 0) is 4.79 Å². The van der Waals surface area contributed by atoms with Gasteiger partial charge in [0.05, 0.1) is 0 Å². The van der Waals surface area contributed by atoms with Crippen molar-refractivity contribution in [3.05, 3.63) is 11.1 Å². The van der Waals surface area contributed by atoms with E-state index < -0.39 is 12.1 Å². The number of aliphatic carboxylic acids is 1. The summed E-state index contributed by atoms with van der Waals surface area (Å²) in [6.45, 7) is 8.31. The molecule has 2 bridgehead atoms. The van der Waals surface area contributed by atoms with E-state index in [1.807, 2.05) is 0 Å². The van der Waals surface area contributed by atoms with Gasteiger partial charge in [-0.3, -0.25) is 0 Å². The lowest BCUT2D eigenvalue weighted by Crippen LogP contribution is -2.41. The maximum Gasteiger partial charge on any atom is 0.332 e. The minimum absolute atomic E-state index is 0.586. The van der Waals surface area contributed by atoms with Crippen LogP contribution in [0.1, 0.15) is 47.0 Å². The fraction of sp³-hybridized carbons (Fsp3) is 0.769. The normalized spacial score (nSPS) is 27.4. The Hall–Kier alpha value is -0.830. The number of aliphatic hydroxyl groups is 1. The number of hydrogen-bond donors (Lipinski definition) is 2. The lowest BCUT2D eigenvalue weighted by atomic mass is 9.52. The van der Waals surface area contributed by atoms with Gasteiger partial charge in [0, 0.05) is 0 Å². The molecule has 3 rings (SSSR count). The number of carboxylic acids is 1. The SMILES string of the molecule is CC(O)C(=O)O.CC1=C2CC(CC1)C2(C)C. The molecule has 0 spiro atoms. The van der Waals surface area contributed by atoms with Crippen LogP contribution < -0.4 is 0 Å². The number of rotatable bonds is 1. The summed E-state index contributed by atoms with van der Waals surface area (Å²) in [4.78, 5) is 9.45. The van der Waals surface area contributed by atoms with Gasteiger partial charge in [-0.05, 0) is 44.4 Å². The fourth-order valence-corrected chi connectivity index (χ4v) is 2.61. The summed E-state index contributed by atoms with van der Waals surface area (Å²) in [5.41, 5.74) is 4.04. The van der Waals surface area contributed by atoms with E-state index in [1.165, 1.54) is 26.2 Å². The maximum absolute atomic E-state index is 9.45. The Bertz CT molecular complexity index is 313. The third-order valence-corrected chi connectivity index (χ3v) is 3.99. The molecular weight excluding hydrogens is 204 g/mol. The molecule has 0 aromatic carbocycles. The molecule has 2 unspecified atom stereocenters. The smallest absolute Gasteiger partial charge is 0.332 e. The second kappa shape index (κ2) is 4.58. The molecule has 3 heteroatoms. The Balaban J connectivity index is 0.000000187. The monoisotopic (exact) mass is 226 g/mol. The maximum atomic E-state index is 9.45. The first kappa shape index (κ1) is 13.2. The second-order valence-electron chi connectivity index (χ2n) is 5.43. The highest BCUT2D eigenvalue weighted by Gasteiger charge is 2.46. The zero-order valence-corrected chi connectivity index (χ0v) is 10.6. The first-order valence-corrected chi connectivity index (χ1v) is 5.86. The zero-order chi connectivity index (χ0) is 12.5. The predicted octanol–water partition coefficient (Wildman–Crippen LogP) is 2.59. The molecule has 0 radical (unpaired) electrons. The van der Waals surface area contributed by atoms with Crippen molar-refractivity contribution in [3.8, 4) is 0 Å². The van der Waals surface area contributed by atoms with Crippen LogP contribution in [0.2, 0.25) is 0 Å². The Labute approximate surface area is 97.2 Å². The van der Waals surface area contributed by atoms with Crippen molar-refractivity contribution in [1.29, 1.82) is 0 Å². The fourth-order valence-electron chi connectivity index (χ4n) is 2.61. The molecule has 92 valence electrons. The number of allylic oxidation sites excluding steroid dienone is 2. The standard InChI is InChI=1S/C10H16.C3H6O3/c1-7-4-5-8-6-9(7)10(8,2)3;1-2(4)3(5)6/h8H,4-6H2,1-3H3;2,4H,1H3,(H,5,6). The summed E-state index contributed by atoms with van der Waals surface area (Å²) in [7, 11) is 0. The van der Waals surface area contributed by atoms with Gasteiger partial charge in [0.15, 0.2) is 0 Å². The van der Waals surface area contributed by atoms with Gasteiger partial charge in [0.1, 0.15) is 6.10 Å². The molecule has 1 saturated carbocycles. The van der Waals surface area contributed by atoms with Crippen molar-refractivity contribution in [3.63, 3.8) is 0 Å².